The van der Waals surface area contributed by atoms with Crippen molar-refractivity contribution in [3.05, 3.63) is 29.3 Å². The van der Waals surface area contributed by atoms with Crippen LogP contribution in [0.2, 0.25) is 0 Å². The van der Waals surface area contributed by atoms with E-state index in [1.54, 1.807) is 7.11 Å². The van der Waals surface area contributed by atoms with Gasteiger partial charge in [-0.25, -0.2) is 0 Å². The van der Waals surface area contributed by atoms with Crippen LogP contribution in [0.5, 0.6) is 0 Å². The maximum absolute atomic E-state index is 11.0. The molecule has 1 aliphatic rings. The monoisotopic (exact) mass is 141 g/mol. The van der Waals surface area contributed by atoms with Crippen molar-refractivity contribution >= 4 is 0 Å². The standard InChI is InChI=1S/C7H11NO2/c1-6-3-4-7(10-2)5-8(6)9/h3-6,8H,1-2H3. The van der Waals surface area contributed by atoms with Gasteiger partial charge in [-0.1, -0.05) is 0 Å². The Kier molecular flexibility index (Phi) is 2.09. The molecule has 10 heavy (non-hydrogen) atoms. The van der Waals surface area contributed by atoms with Gasteiger partial charge in [-0.3, -0.25) is 0 Å². The number of allylic oxidation sites excluding steroid dienone is 1. The highest BCUT2D eigenvalue weighted by atomic mass is 16.5. The van der Waals surface area contributed by atoms with Gasteiger partial charge in [0.1, 0.15) is 12.2 Å². The maximum atomic E-state index is 11.0. The second-order valence-corrected chi connectivity index (χ2v) is 2.30. The summed E-state index contributed by atoms with van der Waals surface area (Å²) in [7, 11) is 1.56. The molecular weight excluding hydrogens is 130 g/mol. The molecule has 3 nitrogen and oxygen atoms in total. The molecule has 0 radical (unpaired) electrons. The summed E-state index contributed by atoms with van der Waals surface area (Å²) >= 11 is 0. The fraction of sp³-hybridized carbons (Fsp3) is 0.429. The van der Waals surface area contributed by atoms with Crippen molar-refractivity contribution in [3.8, 4) is 0 Å². The van der Waals surface area contributed by atoms with Gasteiger partial charge in [-0.15, -0.1) is 0 Å². The van der Waals surface area contributed by atoms with E-state index in [-0.39, 0.29) is 11.1 Å². The van der Waals surface area contributed by atoms with Crippen LogP contribution < -0.4 is 5.06 Å². The summed E-state index contributed by atoms with van der Waals surface area (Å²) in [5.41, 5.74) is 0. The van der Waals surface area contributed by atoms with Crippen LogP contribution in [0.4, 0.5) is 0 Å². The van der Waals surface area contributed by atoms with Crippen molar-refractivity contribution in [3.63, 3.8) is 0 Å². The Morgan fingerprint density at radius 2 is 2.40 bits per heavy atom. The number of methoxy groups -OCH3 is 1. The Hall–Kier alpha value is -0.800. The smallest absolute Gasteiger partial charge is 0.171 e. The van der Waals surface area contributed by atoms with Gasteiger partial charge in [0.15, 0.2) is 5.76 Å². The highest BCUT2D eigenvalue weighted by Gasteiger charge is 2.09. The number of hydroxylamine groups is 2. The minimum atomic E-state index is 0.0129. The summed E-state index contributed by atoms with van der Waals surface area (Å²) in [6, 6.07) is 0.0129. The SMILES string of the molecule is COC1=C[NH+]([O-])C(C)C=C1. The van der Waals surface area contributed by atoms with Crippen LogP contribution >= 0.6 is 0 Å². The first kappa shape index (κ1) is 7.31. The molecule has 56 valence electrons. The first-order chi connectivity index (χ1) is 4.74. The van der Waals surface area contributed by atoms with E-state index in [1.807, 2.05) is 19.1 Å². The Bertz CT molecular complexity index is 174. The Labute approximate surface area is 60.2 Å². The average molecular weight is 141 g/mol. The zero-order chi connectivity index (χ0) is 7.56. The molecule has 1 rings (SSSR count). The van der Waals surface area contributed by atoms with Crippen LogP contribution in [0.3, 0.4) is 0 Å². The lowest BCUT2D eigenvalue weighted by atomic mass is 10.2. The van der Waals surface area contributed by atoms with Gasteiger partial charge in [-0.2, -0.15) is 0 Å². The van der Waals surface area contributed by atoms with E-state index in [0.717, 1.165) is 0 Å². The normalized spacial score (nSPS) is 31.7. The van der Waals surface area contributed by atoms with E-state index in [2.05, 4.69) is 0 Å². The summed E-state index contributed by atoms with van der Waals surface area (Å²) in [5.74, 6) is 0.642. The molecule has 0 amide bonds. The molecule has 1 aliphatic heterocycles. The van der Waals surface area contributed by atoms with E-state index in [1.165, 1.54) is 6.20 Å². The van der Waals surface area contributed by atoms with E-state index in [9.17, 15) is 5.21 Å². The van der Waals surface area contributed by atoms with Crippen molar-refractivity contribution < 1.29 is 9.80 Å². The van der Waals surface area contributed by atoms with Gasteiger partial charge in [-0.05, 0) is 19.1 Å². The quantitative estimate of drug-likeness (QED) is 0.514. The third kappa shape index (κ3) is 1.37. The molecule has 0 aromatic rings. The van der Waals surface area contributed by atoms with Gasteiger partial charge in [0.2, 0.25) is 0 Å². The molecule has 0 fully saturated rings. The van der Waals surface area contributed by atoms with E-state index < -0.39 is 0 Å². The molecule has 0 saturated heterocycles. The van der Waals surface area contributed by atoms with Crippen molar-refractivity contribution in [2.45, 2.75) is 13.0 Å². The summed E-state index contributed by atoms with van der Waals surface area (Å²) in [6.07, 6.45) is 5.16. The van der Waals surface area contributed by atoms with E-state index in [4.69, 9.17) is 4.74 Å². The topological polar surface area (TPSA) is 36.7 Å². The van der Waals surface area contributed by atoms with E-state index in [0.29, 0.717) is 5.76 Å². The predicted octanol–water partition coefficient (Wildman–Crippen LogP) is -0.185. The summed E-state index contributed by atoms with van der Waals surface area (Å²) in [5, 5.41) is 11.1. The van der Waals surface area contributed by atoms with E-state index >= 15 is 0 Å². The molecule has 0 spiro atoms. The minimum Gasteiger partial charge on any atom is -0.629 e. The highest BCUT2D eigenvalue weighted by molar-refractivity contribution is 5.13. The zero-order valence-electron chi connectivity index (χ0n) is 6.13. The Morgan fingerprint density at radius 1 is 1.70 bits per heavy atom. The van der Waals surface area contributed by atoms with Gasteiger partial charge in [0.05, 0.1) is 7.11 Å². The van der Waals surface area contributed by atoms with Crippen LogP contribution in [0, 0.1) is 5.21 Å². The summed E-state index contributed by atoms with van der Waals surface area (Å²) in [4.78, 5) is 0. The molecule has 2 atom stereocenters. The number of ether oxygens (including phenoxy) is 1. The second-order valence-electron chi connectivity index (χ2n) is 2.30. The van der Waals surface area contributed by atoms with Crippen LogP contribution in [0.25, 0.3) is 0 Å². The number of rotatable bonds is 1. The second kappa shape index (κ2) is 2.86. The third-order valence-corrected chi connectivity index (χ3v) is 1.52. The lowest BCUT2D eigenvalue weighted by Gasteiger charge is -2.25. The largest absolute Gasteiger partial charge is 0.629 e. The lowest BCUT2D eigenvalue weighted by Crippen LogP contribution is -3.06. The van der Waals surface area contributed by atoms with Gasteiger partial charge in [0, 0.05) is 0 Å². The zero-order valence-corrected chi connectivity index (χ0v) is 6.13. The summed E-state index contributed by atoms with van der Waals surface area (Å²) in [6.45, 7) is 1.86. The summed E-state index contributed by atoms with van der Waals surface area (Å²) < 4.78 is 4.86. The minimum absolute atomic E-state index is 0.0129. The molecule has 0 bridgehead atoms. The van der Waals surface area contributed by atoms with Crippen LogP contribution in [0.15, 0.2) is 24.1 Å². The van der Waals surface area contributed by atoms with Crippen LogP contribution in [0.1, 0.15) is 6.92 Å². The first-order valence-corrected chi connectivity index (χ1v) is 3.22. The van der Waals surface area contributed by atoms with Crippen molar-refractivity contribution in [1.82, 2.24) is 0 Å². The Morgan fingerprint density at radius 3 is 2.90 bits per heavy atom. The van der Waals surface area contributed by atoms with Gasteiger partial charge in [0.25, 0.3) is 0 Å². The number of hydrogen-bond donors (Lipinski definition) is 1. The third-order valence-electron chi connectivity index (χ3n) is 1.52. The van der Waals surface area contributed by atoms with Gasteiger partial charge >= 0.3 is 0 Å². The molecule has 1 N–H and O–H groups in total. The van der Waals surface area contributed by atoms with Crippen molar-refractivity contribution in [2.75, 3.05) is 7.11 Å². The van der Waals surface area contributed by atoms with Gasteiger partial charge < -0.3 is 15.0 Å². The maximum Gasteiger partial charge on any atom is 0.171 e. The molecule has 0 saturated carbocycles. The van der Waals surface area contributed by atoms with Crippen molar-refractivity contribution in [2.24, 2.45) is 0 Å². The molecule has 1 heterocycles. The number of nitrogens with one attached hydrogen (secondary N) is 1. The van der Waals surface area contributed by atoms with Crippen LogP contribution in [-0.2, 0) is 4.74 Å². The molecule has 0 aliphatic carbocycles. The average Bonchev–Trinajstić information content (AvgIpc) is 1.95. The number of hydrogen-bond acceptors (Lipinski definition) is 2. The molecule has 0 aromatic carbocycles. The Balaban J connectivity index is 2.66. The predicted molar refractivity (Wildman–Crippen MR) is 38.0 cm³/mol. The molecule has 2 unspecified atom stereocenters. The highest BCUT2D eigenvalue weighted by Crippen LogP contribution is 1.99. The number of quaternary nitrogens is 1. The lowest BCUT2D eigenvalue weighted by molar-refractivity contribution is -0.812. The van der Waals surface area contributed by atoms with Crippen molar-refractivity contribution in [1.29, 1.82) is 0 Å². The molecule has 3 heteroatoms. The van der Waals surface area contributed by atoms with Crippen LogP contribution in [-0.4, -0.2) is 13.2 Å². The molecular formula is C7H11NO2. The first-order valence-electron chi connectivity index (χ1n) is 3.22. The fourth-order valence-electron chi connectivity index (χ4n) is 0.781. The molecule has 0 aromatic heterocycles. The fourth-order valence-corrected chi connectivity index (χ4v) is 0.781.